The van der Waals surface area contributed by atoms with Crippen molar-refractivity contribution in [3.8, 4) is 6.07 Å². The number of halogens is 3. The van der Waals surface area contributed by atoms with Crippen LogP contribution in [0.1, 0.15) is 27.9 Å². The van der Waals surface area contributed by atoms with Crippen LogP contribution in [0.4, 0.5) is 29.3 Å². The maximum Gasteiger partial charge on any atom is 0.417 e. The van der Waals surface area contributed by atoms with E-state index in [0.717, 1.165) is 12.1 Å². The fraction of sp³-hybridized carbons (Fsp3) is 0.200. The van der Waals surface area contributed by atoms with E-state index in [0.29, 0.717) is 22.2 Å². The second-order valence-electron chi connectivity index (χ2n) is 6.38. The molecule has 0 radical (unpaired) electrons. The number of imide groups is 1. The van der Waals surface area contributed by atoms with Gasteiger partial charge in [-0.1, -0.05) is 0 Å². The van der Waals surface area contributed by atoms with Gasteiger partial charge < -0.3 is 5.32 Å². The van der Waals surface area contributed by atoms with Crippen LogP contribution in [0.3, 0.4) is 0 Å². The molecule has 0 atom stereocenters. The Bertz CT molecular complexity index is 1060. The summed E-state index contributed by atoms with van der Waals surface area (Å²) in [6.45, 7) is 0.0376. The highest BCUT2D eigenvalue weighted by Gasteiger charge is 2.38. The lowest BCUT2D eigenvalue weighted by atomic mass is 10.1. The third-order valence-corrected chi connectivity index (χ3v) is 4.58. The molecule has 1 N–H and O–H groups in total. The summed E-state index contributed by atoms with van der Waals surface area (Å²) in [5, 5.41) is 11.4. The first-order valence-electron chi connectivity index (χ1n) is 8.75. The molecule has 7 nitrogen and oxygen atoms in total. The van der Waals surface area contributed by atoms with Gasteiger partial charge in [0.15, 0.2) is 0 Å². The zero-order chi connectivity index (χ0) is 22.1. The molecule has 1 fully saturated rings. The van der Waals surface area contributed by atoms with Crippen molar-refractivity contribution in [1.82, 2.24) is 5.32 Å². The first-order chi connectivity index (χ1) is 14.2. The van der Waals surface area contributed by atoms with E-state index >= 15 is 0 Å². The van der Waals surface area contributed by atoms with Crippen LogP contribution >= 0.6 is 0 Å². The lowest BCUT2D eigenvalue weighted by Gasteiger charge is -2.34. The van der Waals surface area contributed by atoms with Crippen LogP contribution < -0.4 is 15.1 Å². The Morgan fingerprint density at radius 3 is 2.30 bits per heavy atom. The van der Waals surface area contributed by atoms with Crippen LogP contribution in [0.15, 0.2) is 42.5 Å². The molecule has 0 bridgehead atoms. The summed E-state index contributed by atoms with van der Waals surface area (Å²) in [5.41, 5.74) is -1.36. The lowest BCUT2D eigenvalue weighted by molar-refractivity contribution is -0.137. The maximum atomic E-state index is 13.3. The number of benzene rings is 2. The molecule has 2 aromatic rings. The van der Waals surface area contributed by atoms with E-state index in [1.807, 2.05) is 0 Å². The van der Waals surface area contributed by atoms with E-state index < -0.39 is 29.2 Å². The van der Waals surface area contributed by atoms with Crippen molar-refractivity contribution < 1.29 is 27.6 Å². The second kappa shape index (κ2) is 7.87. The van der Waals surface area contributed by atoms with Crippen molar-refractivity contribution in [3.05, 3.63) is 59.2 Å². The van der Waals surface area contributed by atoms with Crippen LogP contribution in [0, 0.1) is 11.3 Å². The number of hydrogen-bond acceptors (Lipinski definition) is 4. The highest BCUT2D eigenvalue weighted by Crippen LogP contribution is 2.35. The number of anilines is 2. The van der Waals surface area contributed by atoms with Crippen molar-refractivity contribution in [2.45, 2.75) is 12.6 Å². The van der Waals surface area contributed by atoms with Gasteiger partial charge in [-0.25, -0.2) is 9.69 Å². The zero-order valence-electron chi connectivity index (χ0n) is 15.7. The molecule has 10 heteroatoms. The Kier molecular flexibility index (Phi) is 5.47. The van der Waals surface area contributed by atoms with Crippen LogP contribution in [0.5, 0.6) is 0 Å². The molecule has 1 heterocycles. The molecular formula is C20H15F3N4O3. The molecule has 0 spiro atoms. The van der Waals surface area contributed by atoms with Gasteiger partial charge >= 0.3 is 12.2 Å². The van der Waals surface area contributed by atoms with Crippen molar-refractivity contribution in [1.29, 1.82) is 5.26 Å². The van der Waals surface area contributed by atoms with Crippen molar-refractivity contribution in [2.75, 3.05) is 23.4 Å². The SMILES string of the molecule is CNC(=O)c1ccc(N2CCC(=O)N(c3ccc(C#N)c(C(F)(F)F)c3)C2=O)cc1. The highest BCUT2D eigenvalue weighted by molar-refractivity contribution is 6.21. The van der Waals surface area contributed by atoms with Crippen LogP contribution in [-0.2, 0) is 11.0 Å². The van der Waals surface area contributed by atoms with E-state index in [2.05, 4.69) is 5.32 Å². The quantitative estimate of drug-likeness (QED) is 0.831. The van der Waals surface area contributed by atoms with Crippen LogP contribution in [0.2, 0.25) is 0 Å². The predicted molar refractivity (Wildman–Crippen MR) is 101 cm³/mol. The highest BCUT2D eigenvalue weighted by atomic mass is 19.4. The Balaban J connectivity index is 1.97. The summed E-state index contributed by atoms with van der Waals surface area (Å²) in [6.07, 6.45) is -4.93. The topological polar surface area (TPSA) is 93.5 Å². The molecule has 3 rings (SSSR count). The first-order valence-corrected chi connectivity index (χ1v) is 8.75. The van der Waals surface area contributed by atoms with Gasteiger partial charge in [0.1, 0.15) is 0 Å². The number of hydrogen-bond donors (Lipinski definition) is 1. The maximum absolute atomic E-state index is 13.3. The van der Waals surface area contributed by atoms with Crippen molar-refractivity contribution in [2.24, 2.45) is 0 Å². The standard InChI is InChI=1S/C20H15F3N4O3/c1-25-18(29)12-2-5-14(6-3-12)26-9-8-17(28)27(19(26)30)15-7-4-13(11-24)16(10-15)20(21,22)23/h2-7,10H,8-9H2,1H3,(H,25,29). The third kappa shape index (κ3) is 3.82. The molecular weight excluding hydrogens is 401 g/mol. The Hall–Kier alpha value is -3.87. The predicted octanol–water partition coefficient (Wildman–Crippen LogP) is 3.30. The van der Waals surface area contributed by atoms with E-state index in [4.69, 9.17) is 5.26 Å². The average Bonchev–Trinajstić information content (AvgIpc) is 2.73. The van der Waals surface area contributed by atoms with Gasteiger partial charge in [-0.05, 0) is 42.5 Å². The van der Waals surface area contributed by atoms with Gasteiger partial charge in [-0.2, -0.15) is 18.4 Å². The van der Waals surface area contributed by atoms with Gasteiger partial charge in [0.25, 0.3) is 5.91 Å². The zero-order valence-corrected chi connectivity index (χ0v) is 15.7. The summed E-state index contributed by atoms with van der Waals surface area (Å²) in [6, 6.07) is 9.31. The Labute approximate surface area is 169 Å². The molecule has 0 aliphatic carbocycles. The minimum Gasteiger partial charge on any atom is -0.355 e. The van der Waals surface area contributed by atoms with Crippen LogP contribution in [-0.4, -0.2) is 31.4 Å². The molecule has 154 valence electrons. The number of amides is 4. The van der Waals surface area contributed by atoms with Gasteiger partial charge in [-0.3, -0.25) is 14.5 Å². The number of nitriles is 1. The minimum absolute atomic E-state index is 0.0376. The fourth-order valence-electron chi connectivity index (χ4n) is 3.08. The number of carbonyl (C=O) groups excluding carboxylic acids is 3. The number of urea groups is 1. The number of nitrogens with zero attached hydrogens (tertiary/aromatic N) is 3. The minimum atomic E-state index is -4.82. The summed E-state index contributed by atoms with van der Waals surface area (Å²) < 4.78 is 39.8. The molecule has 1 aliphatic rings. The van der Waals surface area contributed by atoms with Gasteiger partial charge in [0.05, 0.1) is 22.9 Å². The van der Waals surface area contributed by atoms with E-state index in [1.165, 1.54) is 42.3 Å². The molecule has 1 aliphatic heterocycles. The molecule has 4 amide bonds. The molecule has 2 aromatic carbocycles. The average molecular weight is 416 g/mol. The smallest absolute Gasteiger partial charge is 0.355 e. The fourth-order valence-corrected chi connectivity index (χ4v) is 3.08. The van der Waals surface area contributed by atoms with E-state index in [1.54, 1.807) is 0 Å². The first kappa shape index (κ1) is 20.9. The summed E-state index contributed by atoms with van der Waals surface area (Å²) >= 11 is 0. The number of nitrogens with one attached hydrogen (secondary N) is 1. The van der Waals surface area contributed by atoms with Gasteiger partial charge in [0.2, 0.25) is 5.91 Å². The summed E-state index contributed by atoms with van der Waals surface area (Å²) in [4.78, 5) is 38.8. The van der Waals surface area contributed by atoms with Gasteiger partial charge in [-0.15, -0.1) is 0 Å². The van der Waals surface area contributed by atoms with Crippen molar-refractivity contribution >= 4 is 29.2 Å². The van der Waals surface area contributed by atoms with Crippen molar-refractivity contribution in [3.63, 3.8) is 0 Å². The lowest BCUT2D eigenvalue weighted by Crippen LogP contribution is -2.52. The second-order valence-corrected chi connectivity index (χ2v) is 6.38. The van der Waals surface area contributed by atoms with E-state index in [-0.39, 0.29) is 24.6 Å². The Morgan fingerprint density at radius 1 is 1.10 bits per heavy atom. The Morgan fingerprint density at radius 2 is 1.73 bits per heavy atom. The number of alkyl halides is 3. The summed E-state index contributed by atoms with van der Waals surface area (Å²) in [7, 11) is 1.47. The molecule has 0 aromatic heterocycles. The van der Waals surface area contributed by atoms with Crippen LogP contribution in [0.25, 0.3) is 0 Å². The van der Waals surface area contributed by atoms with Gasteiger partial charge in [0, 0.05) is 31.3 Å². The largest absolute Gasteiger partial charge is 0.417 e. The third-order valence-electron chi connectivity index (χ3n) is 4.58. The number of carbonyl (C=O) groups is 3. The normalized spacial score (nSPS) is 14.5. The molecule has 30 heavy (non-hydrogen) atoms. The van der Waals surface area contributed by atoms with E-state index in [9.17, 15) is 27.6 Å². The number of rotatable bonds is 3. The molecule has 0 unspecified atom stereocenters. The monoisotopic (exact) mass is 416 g/mol. The molecule has 0 saturated carbocycles. The summed E-state index contributed by atoms with van der Waals surface area (Å²) in [5.74, 6) is -0.975. The molecule has 1 saturated heterocycles.